The highest BCUT2D eigenvalue weighted by atomic mass is 32.3. The van der Waals surface area contributed by atoms with Gasteiger partial charge in [-0.2, -0.15) is 8.78 Å². The second-order valence-electron chi connectivity index (χ2n) is 2.12. The molecule has 0 saturated carbocycles. The quantitative estimate of drug-likeness (QED) is 0.571. The Kier molecular flexibility index (Phi) is 2.56. The molecule has 0 spiro atoms. The minimum absolute atomic E-state index is 0.848. The summed E-state index contributed by atoms with van der Waals surface area (Å²) in [5.74, 6) is -1.66. The van der Waals surface area contributed by atoms with Crippen molar-refractivity contribution in [3.8, 4) is 0 Å². The van der Waals surface area contributed by atoms with Crippen molar-refractivity contribution in [1.29, 1.82) is 0 Å². The topological polar surface area (TPSA) is 0 Å². The molecule has 0 saturated heterocycles. The van der Waals surface area contributed by atoms with Crippen LogP contribution in [0.25, 0.3) is 0 Å². The standard InChI is InChI=1S/C4H7F5S/c1-3(2)4(5,6)10(7,8)9/h3H,1-2H3. The molecule has 0 aliphatic heterocycles. The summed E-state index contributed by atoms with van der Waals surface area (Å²) in [5, 5.41) is -4.48. The summed E-state index contributed by atoms with van der Waals surface area (Å²) in [4.78, 5) is 0. The molecule has 0 aliphatic rings. The number of alkyl halides is 2. The van der Waals surface area contributed by atoms with Crippen LogP contribution in [0, 0.1) is 5.92 Å². The fraction of sp³-hybridized carbons (Fsp3) is 1.00. The summed E-state index contributed by atoms with van der Waals surface area (Å²) in [6, 6.07) is 0. The molecule has 6 heteroatoms. The molecule has 0 rings (SSSR count). The van der Waals surface area contributed by atoms with Gasteiger partial charge in [-0.05, 0) is 0 Å². The third kappa shape index (κ3) is 1.74. The van der Waals surface area contributed by atoms with E-state index in [0.717, 1.165) is 13.8 Å². The highest BCUT2D eigenvalue weighted by Crippen LogP contribution is 2.67. The smallest absolute Gasteiger partial charge is 0.187 e. The van der Waals surface area contributed by atoms with Crippen molar-refractivity contribution in [2.24, 2.45) is 5.92 Å². The summed E-state index contributed by atoms with van der Waals surface area (Å²) in [6.45, 7) is 1.70. The summed E-state index contributed by atoms with van der Waals surface area (Å²) < 4.78 is 58.2. The predicted molar refractivity (Wildman–Crippen MR) is 30.7 cm³/mol. The average molecular weight is 182 g/mol. The first kappa shape index (κ1) is 10.0. The van der Waals surface area contributed by atoms with Crippen molar-refractivity contribution in [3.05, 3.63) is 0 Å². The van der Waals surface area contributed by atoms with Gasteiger partial charge in [-0.1, -0.05) is 13.8 Å². The maximum atomic E-state index is 12.0. The molecule has 0 radical (unpaired) electrons. The van der Waals surface area contributed by atoms with E-state index in [1.165, 1.54) is 0 Å². The molecule has 0 unspecified atom stereocenters. The van der Waals surface area contributed by atoms with Crippen LogP contribution in [-0.4, -0.2) is 5.25 Å². The van der Waals surface area contributed by atoms with Crippen LogP contribution in [0.2, 0.25) is 0 Å². The zero-order chi connectivity index (χ0) is 8.58. The maximum Gasteiger partial charge on any atom is 0.357 e. The van der Waals surface area contributed by atoms with Gasteiger partial charge in [0.15, 0.2) is 0 Å². The summed E-state index contributed by atoms with van der Waals surface area (Å²) in [5.41, 5.74) is 0. The molecule has 0 aromatic heterocycles. The highest BCUT2D eigenvalue weighted by molar-refractivity contribution is 8.21. The molecule has 0 aromatic rings. The van der Waals surface area contributed by atoms with Crippen molar-refractivity contribution in [2.45, 2.75) is 19.1 Å². The van der Waals surface area contributed by atoms with E-state index in [4.69, 9.17) is 0 Å². The van der Waals surface area contributed by atoms with E-state index < -0.39 is 22.4 Å². The first-order chi connectivity index (χ1) is 4.19. The molecule has 0 fully saturated rings. The van der Waals surface area contributed by atoms with Gasteiger partial charge in [0.2, 0.25) is 0 Å². The molecule has 0 atom stereocenters. The zero-order valence-corrected chi connectivity index (χ0v) is 6.19. The lowest BCUT2D eigenvalue weighted by Gasteiger charge is -2.25. The van der Waals surface area contributed by atoms with E-state index in [9.17, 15) is 20.4 Å². The minimum atomic E-state index is -6.23. The first-order valence-electron chi connectivity index (χ1n) is 2.49. The van der Waals surface area contributed by atoms with E-state index in [1.54, 1.807) is 0 Å². The van der Waals surface area contributed by atoms with Gasteiger partial charge in [0.25, 0.3) is 11.2 Å². The molecule has 0 nitrogen and oxygen atoms in total. The predicted octanol–water partition coefficient (Wildman–Crippen LogP) is 3.69. The lowest BCUT2D eigenvalue weighted by atomic mass is 10.2. The van der Waals surface area contributed by atoms with E-state index in [2.05, 4.69) is 0 Å². The van der Waals surface area contributed by atoms with E-state index in [0.29, 0.717) is 0 Å². The summed E-state index contributed by atoms with van der Waals surface area (Å²) in [6.07, 6.45) is 0. The monoisotopic (exact) mass is 182 g/mol. The van der Waals surface area contributed by atoms with E-state index in [-0.39, 0.29) is 0 Å². The largest absolute Gasteiger partial charge is 0.357 e. The van der Waals surface area contributed by atoms with Gasteiger partial charge in [-0.3, -0.25) is 0 Å². The van der Waals surface area contributed by atoms with Crippen LogP contribution in [0.5, 0.6) is 0 Å². The van der Waals surface area contributed by atoms with Crippen LogP contribution >= 0.6 is 11.2 Å². The van der Waals surface area contributed by atoms with Gasteiger partial charge in [0, 0.05) is 5.92 Å². The SMILES string of the molecule is CC(C)C(F)(F)S(F)(F)F. The fourth-order valence-electron chi connectivity index (χ4n) is 0.267. The Labute approximate surface area is 57.6 Å². The molecule has 0 amide bonds. The van der Waals surface area contributed by atoms with Crippen LogP contribution < -0.4 is 0 Å². The van der Waals surface area contributed by atoms with Crippen molar-refractivity contribution in [3.63, 3.8) is 0 Å². The Morgan fingerprint density at radius 1 is 1.10 bits per heavy atom. The first-order valence-corrected chi connectivity index (χ1v) is 3.82. The van der Waals surface area contributed by atoms with Gasteiger partial charge in [0.05, 0.1) is 0 Å². The number of halogens is 5. The van der Waals surface area contributed by atoms with Crippen LogP contribution in [0.1, 0.15) is 13.8 Å². The molecular formula is C4H7F5S. The van der Waals surface area contributed by atoms with Gasteiger partial charge >= 0.3 is 5.25 Å². The Balaban J connectivity index is 4.40. The molecule has 0 heterocycles. The molecule has 0 aliphatic carbocycles. The van der Waals surface area contributed by atoms with Crippen LogP contribution in [0.15, 0.2) is 0 Å². The molecule has 10 heavy (non-hydrogen) atoms. The van der Waals surface area contributed by atoms with Crippen molar-refractivity contribution >= 4 is 11.2 Å². The molecule has 0 N–H and O–H groups in total. The van der Waals surface area contributed by atoms with Crippen LogP contribution in [0.3, 0.4) is 0 Å². The minimum Gasteiger partial charge on any atom is -0.187 e. The van der Waals surface area contributed by atoms with Crippen molar-refractivity contribution in [1.82, 2.24) is 0 Å². The Hall–Kier alpha value is -0.0000000000000000555. The fourth-order valence-corrected chi connectivity index (χ4v) is 0.802. The number of rotatable bonds is 2. The second-order valence-corrected chi connectivity index (χ2v) is 3.48. The summed E-state index contributed by atoms with van der Waals surface area (Å²) in [7, 11) is 0. The van der Waals surface area contributed by atoms with Gasteiger partial charge < -0.3 is 0 Å². The normalized spacial score (nSPS) is 16.0. The van der Waals surface area contributed by atoms with E-state index in [1.807, 2.05) is 0 Å². The van der Waals surface area contributed by atoms with Crippen molar-refractivity contribution in [2.75, 3.05) is 0 Å². The van der Waals surface area contributed by atoms with Crippen LogP contribution in [0.4, 0.5) is 20.4 Å². The van der Waals surface area contributed by atoms with Crippen molar-refractivity contribution < 1.29 is 20.4 Å². The lowest BCUT2D eigenvalue weighted by Crippen LogP contribution is -2.24. The van der Waals surface area contributed by atoms with Crippen LogP contribution in [-0.2, 0) is 0 Å². The number of hydrogen-bond donors (Lipinski definition) is 0. The average Bonchev–Trinajstić information content (AvgIpc) is 1.62. The molecule has 0 aromatic carbocycles. The zero-order valence-electron chi connectivity index (χ0n) is 5.38. The highest BCUT2D eigenvalue weighted by Gasteiger charge is 2.55. The Bertz CT molecular complexity index is 115. The molecule has 0 bridgehead atoms. The van der Waals surface area contributed by atoms with Gasteiger partial charge in [-0.25, -0.2) is 0 Å². The lowest BCUT2D eigenvalue weighted by molar-refractivity contribution is 0.0336. The van der Waals surface area contributed by atoms with E-state index >= 15 is 0 Å². The van der Waals surface area contributed by atoms with Gasteiger partial charge in [-0.15, -0.1) is 11.7 Å². The Morgan fingerprint density at radius 3 is 1.40 bits per heavy atom. The third-order valence-electron chi connectivity index (χ3n) is 0.981. The molecule has 64 valence electrons. The van der Waals surface area contributed by atoms with Gasteiger partial charge in [0.1, 0.15) is 0 Å². The summed E-state index contributed by atoms with van der Waals surface area (Å²) >= 11 is -6.23. The third-order valence-corrected chi connectivity index (χ3v) is 2.07. The molecular weight excluding hydrogens is 175 g/mol. The number of hydrogen-bond acceptors (Lipinski definition) is 0. The Morgan fingerprint density at radius 2 is 1.40 bits per heavy atom. The second kappa shape index (κ2) is 2.56. The maximum absolute atomic E-state index is 12.0.